The van der Waals surface area contributed by atoms with Crippen LogP contribution < -0.4 is 14.4 Å². The number of sulfonamides is 1. The molecule has 0 radical (unpaired) electrons. The molecule has 2 aromatic carbocycles. The Bertz CT molecular complexity index is 897. The van der Waals surface area contributed by atoms with Crippen molar-refractivity contribution >= 4 is 27.3 Å². The van der Waals surface area contributed by atoms with Crippen LogP contribution in [0.15, 0.2) is 42.5 Å². The van der Waals surface area contributed by atoms with Crippen LogP contribution in [0.5, 0.6) is 5.75 Å². The molecule has 0 saturated carbocycles. The maximum absolute atomic E-state index is 13.0. The fraction of sp³-hybridized carbons (Fsp3) is 0.235. The summed E-state index contributed by atoms with van der Waals surface area (Å²) in [4.78, 5) is 12.2. The van der Waals surface area contributed by atoms with Gasteiger partial charge in [0, 0.05) is 17.8 Å². The topological polar surface area (TPSA) is 75.7 Å². The van der Waals surface area contributed by atoms with Crippen molar-refractivity contribution in [3.63, 3.8) is 0 Å². The number of amides is 1. The number of anilines is 2. The third kappa shape index (κ3) is 3.58. The molecule has 0 aliphatic carbocycles. The van der Waals surface area contributed by atoms with Crippen LogP contribution in [0.3, 0.4) is 0 Å². The summed E-state index contributed by atoms with van der Waals surface area (Å²) in [6.07, 6.45) is 0.539. The molecule has 1 heterocycles. The SMILES string of the molecule is COc1ccc(NC(=O)c2ccc(F)cc2)cc1N1CCCS1(=O)=O. The first-order valence-electron chi connectivity index (χ1n) is 7.66. The number of methoxy groups -OCH3 is 1. The molecule has 0 unspecified atom stereocenters. The molecule has 0 bridgehead atoms. The predicted octanol–water partition coefficient (Wildman–Crippen LogP) is 2.63. The van der Waals surface area contributed by atoms with Crippen LogP contribution in [0.2, 0.25) is 0 Å². The predicted molar refractivity (Wildman–Crippen MR) is 93.1 cm³/mol. The van der Waals surface area contributed by atoms with Gasteiger partial charge in [-0.1, -0.05) is 0 Å². The van der Waals surface area contributed by atoms with E-state index in [0.717, 1.165) is 0 Å². The highest BCUT2D eigenvalue weighted by Gasteiger charge is 2.30. The van der Waals surface area contributed by atoms with Gasteiger partial charge >= 0.3 is 0 Å². The molecule has 1 saturated heterocycles. The smallest absolute Gasteiger partial charge is 0.255 e. The van der Waals surface area contributed by atoms with Gasteiger partial charge in [-0.05, 0) is 48.9 Å². The Morgan fingerprint density at radius 3 is 2.52 bits per heavy atom. The zero-order valence-corrected chi connectivity index (χ0v) is 14.3. The van der Waals surface area contributed by atoms with E-state index in [1.807, 2.05) is 0 Å². The number of carbonyl (C=O) groups is 1. The third-order valence-electron chi connectivity index (χ3n) is 3.91. The Balaban J connectivity index is 1.89. The van der Waals surface area contributed by atoms with Gasteiger partial charge in [0.2, 0.25) is 10.0 Å². The van der Waals surface area contributed by atoms with E-state index >= 15 is 0 Å². The number of nitrogens with one attached hydrogen (secondary N) is 1. The van der Waals surface area contributed by atoms with Crippen LogP contribution in [0.4, 0.5) is 15.8 Å². The zero-order chi connectivity index (χ0) is 18.0. The second kappa shape index (κ2) is 6.72. The van der Waals surface area contributed by atoms with E-state index in [4.69, 9.17) is 4.74 Å². The first-order chi connectivity index (χ1) is 11.9. The Morgan fingerprint density at radius 1 is 1.20 bits per heavy atom. The van der Waals surface area contributed by atoms with Crippen molar-refractivity contribution in [2.24, 2.45) is 0 Å². The van der Waals surface area contributed by atoms with Gasteiger partial charge in [-0.3, -0.25) is 9.10 Å². The van der Waals surface area contributed by atoms with Gasteiger partial charge in [0.05, 0.1) is 18.6 Å². The lowest BCUT2D eigenvalue weighted by atomic mass is 10.2. The molecule has 1 aliphatic rings. The average molecular weight is 364 g/mol. The number of ether oxygens (including phenoxy) is 1. The number of benzene rings is 2. The van der Waals surface area contributed by atoms with E-state index in [1.165, 1.54) is 35.7 Å². The maximum atomic E-state index is 13.0. The first-order valence-corrected chi connectivity index (χ1v) is 9.27. The average Bonchev–Trinajstić information content (AvgIpc) is 2.94. The minimum Gasteiger partial charge on any atom is -0.495 e. The second-order valence-corrected chi connectivity index (χ2v) is 7.60. The highest BCUT2D eigenvalue weighted by Crippen LogP contribution is 2.35. The molecule has 1 amide bonds. The number of nitrogens with zero attached hydrogens (tertiary/aromatic N) is 1. The number of rotatable bonds is 4. The summed E-state index contributed by atoms with van der Waals surface area (Å²) in [7, 11) is -1.92. The van der Waals surface area contributed by atoms with Gasteiger partial charge in [-0.2, -0.15) is 0 Å². The fourth-order valence-corrected chi connectivity index (χ4v) is 4.24. The summed E-state index contributed by atoms with van der Waals surface area (Å²) in [5.74, 6) is -0.351. The molecule has 0 atom stereocenters. The zero-order valence-electron chi connectivity index (χ0n) is 13.5. The van der Waals surface area contributed by atoms with Crippen LogP contribution in [0, 0.1) is 5.82 Å². The maximum Gasteiger partial charge on any atom is 0.255 e. The summed E-state index contributed by atoms with van der Waals surface area (Å²) < 4.78 is 43.8. The number of halogens is 1. The molecule has 1 N–H and O–H groups in total. The van der Waals surface area contributed by atoms with E-state index in [9.17, 15) is 17.6 Å². The molecule has 1 aliphatic heterocycles. The van der Waals surface area contributed by atoms with E-state index in [1.54, 1.807) is 18.2 Å². The van der Waals surface area contributed by atoms with Gasteiger partial charge in [0.15, 0.2) is 0 Å². The third-order valence-corrected chi connectivity index (χ3v) is 5.77. The molecule has 1 fully saturated rings. The quantitative estimate of drug-likeness (QED) is 0.905. The molecular formula is C17H17FN2O4S. The highest BCUT2D eigenvalue weighted by atomic mass is 32.2. The van der Waals surface area contributed by atoms with Gasteiger partial charge in [0.25, 0.3) is 5.91 Å². The van der Waals surface area contributed by atoms with Crippen molar-refractivity contribution in [2.75, 3.05) is 29.0 Å². The summed E-state index contributed by atoms with van der Waals surface area (Å²) in [5.41, 5.74) is 1.11. The van der Waals surface area contributed by atoms with Crippen molar-refractivity contribution in [3.8, 4) is 5.75 Å². The lowest BCUT2D eigenvalue weighted by Gasteiger charge is -2.20. The summed E-state index contributed by atoms with van der Waals surface area (Å²) in [6.45, 7) is 0.369. The van der Waals surface area contributed by atoms with Crippen molar-refractivity contribution in [1.82, 2.24) is 0 Å². The Kier molecular flexibility index (Phi) is 4.63. The van der Waals surface area contributed by atoms with Gasteiger partial charge in [-0.25, -0.2) is 12.8 Å². The van der Waals surface area contributed by atoms with Crippen molar-refractivity contribution in [1.29, 1.82) is 0 Å². The Labute approximate surface area is 145 Å². The van der Waals surface area contributed by atoms with E-state index in [0.29, 0.717) is 35.7 Å². The van der Waals surface area contributed by atoms with Gasteiger partial charge in [0.1, 0.15) is 11.6 Å². The van der Waals surface area contributed by atoms with Crippen LogP contribution in [0.1, 0.15) is 16.8 Å². The Morgan fingerprint density at radius 2 is 1.92 bits per heavy atom. The fourth-order valence-electron chi connectivity index (χ4n) is 2.68. The van der Waals surface area contributed by atoms with Gasteiger partial charge in [-0.15, -0.1) is 0 Å². The molecule has 25 heavy (non-hydrogen) atoms. The Hall–Kier alpha value is -2.61. The van der Waals surface area contributed by atoms with Crippen molar-refractivity contribution in [2.45, 2.75) is 6.42 Å². The summed E-state index contributed by atoms with van der Waals surface area (Å²) in [5, 5.41) is 2.68. The molecular weight excluding hydrogens is 347 g/mol. The highest BCUT2D eigenvalue weighted by molar-refractivity contribution is 7.93. The standard InChI is InChI=1S/C17H17FN2O4S/c1-24-16-8-7-14(11-15(16)20-9-2-10-25(20,22)23)19-17(21)12-3-5-13(18)6-4-12/h3-8,11H,2,9-10H2,1H3,(H,19,21). The number of carbonyl (C=O) groups excluding carboxylic acids is 1. The minimum absolute atomic E-state index is 0.0856. The molecule has 132 valence electrons. The van der Waals surface area contributed by atoms with E-state index in [-0.39, 0.29) is 5.75 Å². The van der Waals surface area contributed by atoms with E-state index < -0.39 is 21.7 Å². The van der Waals surface area contributed by atoms with Gasteiger partial charge < -0.3 is 10.1 Å². The minimum atomic E-state index is -3.38. The number of hydrogen-bond acceptors (Lipinski definition) is 4. The van der Waals surface area contributed by atoms with Crippen LogP contribution >= 0.6 is 0 Å². The summed E-state index contributed by atoms with van der Waals surface area (Å²) in [6, 6.07) is 9.93. The molecule has 8 heteroatoms. The van der Waals surface area contributed by atoms with Crippen molar-refractivity contribution < 1.29 is 22.3 Å². The molecule has 0 aromatic heterocycles. The van der Waals surface area contributed by atoms with Crippen molar-refractivity contribution in [3.05, 3.63) is 53.8 Å². The normalized spacial score (nSPS) is 15.8. The molecule has 2 aromatic rings. The lowest BCUT2D eigenvalue weighted by molar-refractivity contribution is 0.102. The van der Waals surface area contributed by atoms with Crippen LogP contribution in [0.25, 0.3) is 0 Å². The van der Waals surface area contributed by atoms with E-state index in [2.05, 4.69) is 5.32 Å². The first kappa shape index (κ1) is 17.2. The lowest BCUT2D eigenvalue weighted by Crippen LogP contribution is -2.25. The summed E-state index contributed by atoms with van der Waals surface area (Å²) >= 11 is 0. The monoisotopic (exact) mass is 364 g/mol. The second-order valence-electron chi connectivity index (χ2n) is 5.59. The van der Waals surface area contributed by atoms with Crippen LogP contribution in [-0.4, -0.2) is 33.7 Å². The molecule has 0 spiro atoms. The largest absolute Gasteiger partial charge is 0.495 e. The van der Waals surface area contributed by atoms with Crippen LogP contribution in [-0.2, 0) is 10.0 Å². The number of hydrogen-bond donors (Lipinski definition) is 1. The molecule has 3 rings (SSSR count). The molecule has 6 nitrogen and oxygen atoms in total.